The Hall–Kier alpha value is -0.220. The van der Waals surface area contributed by atoms with Crippen molar-refractivity contribution in [3.63, 3.8) is 0 Å². The minimum absolute atomic E-state index is 0.261. The van der Waals surface area contributed by atoms with Crippen LogP contribution in [0.4, 0.5) is 0 Å². The Morgan fingerprint density at radius 1 is 1.38 bits per heavy atom. The number of nitrogens with zero attached hydrogens (tertiary/aromatic N) is 1. The first-order valence-electron chi connectivity index (χ1n) is 6.41. The van der Waals surface area contributed by atoms with E-state index in [4.69, 9.17) is 5.73 Å². The molecule has 0 radical (unpaired) electrons. The molecule has 0 aromatic heterocycles. The van der Waals surface area contributed by atoms with Crippen molar-refractivity contribution in [2.24, 2.45) is 11.7 Å². The number of piperidine rings is 1. The molecule has 0 aromatic carbocycles. The van der Waals surface area contributed by atoms with Gasteiger partial charge in [-0.2, -0.15) is 0 Å². The molecule has 0 spiro atoms. The number of carbonyl (C=O) groups is 1. The number of nitrogens with two attached hydrogens (primary N) is 1. The smallest absolute Gasteiger partial charge is 0.235 e. The Kier molecular flexibility index (Phi) is 4.53. The molecule has 0 aromatic rings. The van der Waals surface area contributed by atoms with Crippen molar-refractivity contribution in [3.8, 4) is 0 Å². The average molecular weight is 242 g/mol. The number of hydrogen-bond acceptors (Lipinski definition) is 3. The summed E-state index contributed by atoms with van der Waals surface area (Å²) < 4.78 is 0. The minimum atomic E-state index is 0.261. The van der Waals surface area contributed by atoms with E-state index in [1.807, 2.05) is 11.8 Å². The fraction of sp³-hybridized carbons (Fsp3) is 0.917. The molecule has 2 saturated heterocycles. The fourth-order valence-corrected chi connectivity index (χ4v) is 3.96. The molecule has 2 unspecified atom stereocenters. The maximum atomic E-state index is 12.2. The summed E-state index contributed by atoms with van der Waals surface area (Å²) in [6.07, 6.45) is 5.77. The van der Waals surface area contributed by atoms with Gasteiger partial charge >= 0.3 is 0 Å². The van der Waals surface area contributed by atoms with Crippen molar-refractivity contribution in [2.75, 3.05) is 25.4 Å². The molecule has 16 heavy (non-hydrogen) atoms. The van der Waals surface area contributed by atoms with E-state index >= 15 is 0 Å². The Balaban J connectivity index is 1.85. The van der Waals surface area contributed by atoms with Crippen LogP contribution in [0.25, 0.3) is 0 Å². The van der Waals surface area contributed by atoms with Crippen LogP contribution >= 0.6 is 11.8 Å². The Labute approximate surface area is 102 Å². The monoisotopic (exact) mass is 242 g/mol. The summed E-state index contributed by atoms with van der Waals surface area (Å²) in [5, 5.41) is 0.261. The summed E-state index contributed by atoms with van der Waals surface area (Å²) in [6, 6.07) is 0. The van der Waals surface area contributed by atoms with Crippen molar-refractivity contribution < 1.29 is 4.79 Å². The van der Waals surface area contributed by atoms with Gasteiger partial charge in [0.05, 0.1) is 5.25 Å². The normalized spacial score (nSPS) is 30.7. The molecule has 2 aliphatic rings. The highest BCUT2D eigenvalue weighted by Gasteiger charge is 2.30. The molecule has 3 nitrogen and oxygen atoms in total. The van der Waals surface area contributed by atoms with E-state index in [9.17, 15) is 4.79 Å². The summed E-state index contributed by atoms with van der Waals surface area (Å²) in [4.78, 5) is 14.3. The zero-order valence-corrected chi connectivity index (χ0v) is 10.7. The average Bonchev–Trinajstić information content (AvgIpc) is 2.82. The lowest BCUT2D eigenvalue weighted by Gasteiger charge is -2.34. The maximum absolute atomic E-state index is 12.2. The van der Waals surface area contributed by atoms with E-state index in [1.165, 1.54) is 12.8 Å². The molecule has 0 saturated carbocycles. The lowest BCUT2D eigenvalue weighted by atomic mass is 9.94. The molecular formula is C12H22N2OS. The second kappa shape index (κ2) is 5.92. The van der Waals surface area contributed by atoms with Crippen LogP contribution in [-0.4, -0.2) is 41.4 Å². The lowest BCUT2D eigenvalue weighted by molar-refractivity contribution is -0.132. The zero-order chi connectivity index (χ0) is 11.4. The largest absolute Gasteiger partial charge is 0.341 e. The van der Waals surface area contributed by atoms with Crippen molar-refractivity contribution in [2.45, 2.75) is 37.4 Å². The molecule has 2 fully saturated rings. The van der Waals surface area contributed by atoms with E-state index in [-0.39, 0.29) is 5.25 Å². The molecule has 2 rings (SSSR count). The standard InChI is InChI=1S/C12H22N2OS/c13-6-5-10-3-1-7-14(9-10)12(15)11-4-2-8-16-11/h10-11H,1-9,13H2. The fourth-order valence-electron chi connectivity index (χ4n) is 2.71. The second-order valence-corrected chi connectivity index (χ2v) is 6.18. The topological polar surface area (TPSA) is 46.3 Å². The van der Waals surface area contributed by atoms with Crippen molar-refractivity contribution in [3.05, 3.63) is 0 Å². The number of likely N-dealkylation sites (tertiary alicyclic amines) is 1. The van der Waals surface area contributed by atoms with E-state index < -0.39 is 0 Å². The van der Waals surface area contributed by atoms with Gasteiger partial charge in [-0.25, -0.2) is 0 Å². The van der Waals surface area contributed by atoms with Gasteiger partial charge in [0.2, 0.25) is 5.91 Å². The SMILES string of the molecule is NCCC1CCCN(C(=O)C2CCCS2)C1. The van der Waals surface area contributed by atoms with Gasteiger partial charge in [-0.1, -0.05) is 0 Å². The van der Waals surface area contributed by atoms with Crippen molar-refractivity contribution >= 4 is 17.7 Å². The van der Waals surface area contributed by atoms with Gasteiger partial charge in [-0.15, -0.1) is 11.8 Å². The highest BCUT2D eigenvalue weighted by molar-refractivity contribution is 8.00. The maximum Gasteiger partial charge on any atom is 0.235 e. The quantitative estimate of drug-likeness (QED) is 0.815. The Morgan fingerprint density at radius 3 is 2.94 bits per heavy atom. The first-order chi connectivity index (χ1) is 7.81. The molecule has 0 aliphatic carbocycles. The molecule has 2 atom stereocenters. The molecule has 2 heterocycles. The van der Waals surface area contributed by atoms with E-state index in [1.54, 1.807) is 0 Å². The molecular weight excluding hydrogens is 220 g/mol. The minimum Gasteiger partial charge on any atom is -0.341 e. The molecule has 1 amide bonds. The molecule has 0 bridgehead atoms. The second-order valence-electron chi connectivity index (χ2n) is 4.87. The summed E-state index contributed by atoms with van der Waals surface area (Å²) in [5.74, 6) is 2.20. The molecule has 4 heteroatoms. The van der Waals surface area contributed by atoms with E-state index in [0.29, 0.717) is 11.8 Å². The van der Waals surface area contributed by atoms with Gasteiger partial charge in [-0.3, -0.25) is 4.79 Å². The third kappa shape index (κ3) is 2.92. The zero-order valence-electron chi connectivity index (χ0n) is 9.86. The third-order valence-corrected chi connectivity index (χ3v) is 4.97. The van der Waals surface area contributed by atoms with Gasteiger partial charge in [-0.05, 0) is 50.3 Å². The van der Waals surface area contributed by atoms with Gasteiger partial charge < -0.3 is 10.6 Å². The number of carbonyl (C=O) groups excluding carboxylic acids is 1. The van der Waals surface area contributed by atoms with Crippen LogP contribution < -0.4 is 5.73 Å². The molecule has 2 N–H and O–H groups in total. The number of thioether (sulfide) groups is 1. The van der Waals surface area contributed by atoms with Crippen LogP contribution in [0.15, 0.2) is 0 Å². The van der Waals surface area contributed by atoms with Crippen LogP contribution in [-0.2, 0) is 4.79 Å². The third-order valence-electron chi connectivity index (χ3n) is 3.61. The predicted molar refractivity (Wildman–Crippen MR) is 68.5 cm³/mol. The van der Waals surface area contributed by atoms with Crippen molar-refractivity contribution in [1.29, 1.82) is 0 Å². The molecule has 92 valence electrons. The first kappa shape index (κ1) is 12.2. The van der Waals surface area contributed by atoms with Crippen LogP contribution in [0.2, 0.25) is 0 Å². The summed E-state index contributed by atoms with van der Waals surface area (Å²) >= 11 is 1.84. The predicted octanol–water partition coefficient (Wildman–Crippen LogP) is 1.47. The van der Waals surface area contributed by atoms with Gasteiger partial charge in [0.1, 0.15) is 0 Å². The van der Waals surface area contributed by atoms with Crippen molar-refractivity contribution in [1.82, 2.24) is 4.90 Å². The van der Waals surface area contributed by atoms with E-state index in [0.717, 1.165) is 44.6 Å². The first-order valence-corrected chi connectivity index (χ1v) is 7.46. The Morgan fingerprint density at radius 2 is 2.25 bits per heavy atom. The number of hydrogen-bond donors (Lipinski definition) is 1. The lowest BCUT2D eigenvalue weighted by Crippen LogP contribution is -2.43. The highest BCUT2D eigenvalue weighted by atomic mass is 32.2. The van der Waals surface area contributed by atoms with Gasteiger partial charge in [0.25, 0.3) is 0 Å². The Bertz CT molecular complexity index is 239. The van der Waals surface area contributed by atoms with Crippen LogP contribution in [0.5, 0.6) is 0 Å². The van der Waals surface area contributed by atoms with E-state index in [2.05, 4.69) is 4.90 Å². The van der Waals surface area contributed by atoms with Crippen LogP contribution in [0.1, 0.15) is 32.1 Å². The summed E-state index contributed by atoms with van der Waals surface area (Å²) in [6.45, 7) is 2.68. The van der Waals surface area contributed by atoms with Crippen LogP contribution in [0.3, 0.4) is 0 Å². The van der Waals surface area contributed by atoms with Crippen LogP contribution in [0, 0.1) is 5.92 Å². The number of rotatable bonds is 3. The van der Waals surface area contributed by atoms with Gasteiger partial charge in [0, 0.05) is 13.1 Å². The highest BCUT2D eigenvalue weighted by Crippen LogP contribution is 2.29. The molecule has 2 aliphatic heterocycles. The summed E-state index contributed by atoms with van der Waals surface area (Å²) in [5.41, 5.74) is 5.60. The number of amides is 1. The van der Waals surface area contributed by atoms with Gasteiger partial charge in [0.15, 0.2) is 0 Å². The summed E-state index contributed by atoms with van der Waals surface area (Å²) in [7, 11) is 0.